The minimum atomic E-state index is 0.741. The standard InChI is InChI=1S/C14H28/c1-7-11(5)14(10-4)12(6)13(8-2)9-3/h12-14H,5,7-10H2,1-4,6H3. The first-order valence-corrected chi connectivity index (χ1v) is 6.29. The van der Waals surface area contributed by atoms with E-state index in [0.717, 1.165) is 24.2 Å². The van der Waals surface area contributed by atoms with Gasteiger partial charge in [0.2, 0.25) is 0 Å². The van der Waals surface area contributed by atoms with E-state index in [2.05, 4.69) is 41.2 Å². The van der Waals surface area contributed by atoms with Crippen LogP contribution in [0.15, 0.2) is 12.2 Å². The zero-order chi connectivity index (χ0) is 11.1. The molecule has 14 heavy (non-hydrogen) atoms. The third kappa shape index (κ3) is 3.48. The Bertz CT molecular complexity index is 153. The summed E-state index contributed by atoms with van der Waals surface area (Å²) >= 11 is 0. The number of hydrogen-bond donors (Lipinski definition) is 0. The highest BCUT2D eigenvalue weighted by atomic mass is 14.3. The summed E-state index contributed by atoms with van der Waals surface area (Å²) in [5.41, 5.74) is 1.45. The van der Waals surface area contributed by atoms with E-state index in [0.29, 0.717) is 0 Å². The lowest BCUT2D eigenvalue weighted by atomic mass is 9.75. The molecule has 0 radical (unpaired) electrons. The van der Waals surface area contributed by atoms with Crippen LogP contribution in [0.4, 0.5) is 0 Å². The SMILES string of the molecule is C=C(CC)C(CC)C(C)C(CC)CC. The Kier molecular flexibility index (Phi) is 6.96. The van der Waals surface area contributed by atoms with Crippen LogP contribution < -0.4 is 0 Å². The van der Waals surface area contributed by atoms with Gasteiger partial charge in [-0.15, -0.1) is 0 Å². The van der Waals surface area contributed by atoms with E-state index in [4.69, 9.17) is 0 Å². The van der Waals surface area contributed by atoms with E-state index in [9.17, 15) is 0 Å². The molecule has 0 heteroatoms. The molecule has 0 aliphatic rings. The number of rotatable bonds is 7. The lowest BCUT2D eigenvalue weighted by Gasteiger charge is -2.30. The van der Waals surface area contributed by atoms with Crippen LogP contribution in [0.1, 0.15) is 60.3 Å². The first kappa shape index (κ1) is 13.7. The minimum absolute atomic E-state index is 0.741. The molecule has 0 aromatic rings. The molecule has 0 aromatic heterocycles. The fourth-order valence-electron chi connectivity index (χ4n) is 2.66. The van der Waals surface area contributed by atoms with Gasteiger partial charge in [0.1, 0.15) is 0 Å². The van der Waals surface area contributed by atoms with Gasteiger partial charge in [-0.05, 0) is 30.6 Å². The molecule has 0 aromatic carbocycles. The van der Waals surface area contributed by atoms with Crippen molar-refractivity contribution >= 4 is 0 Å². The Morgan fingerprint density at radius 1 is 1.00 bits per heavy atom. The third-order valence-corrected chi connectivity index (χ3v) is 3.85. The van der Waals surface area contributed by atoms with E-state index in [1.807, 2.05) is 0 Å². The van der Waals surface area contributed by atoms with Crippen molar-refractivity contribution in [2.45, 2.75) is 60.3 Å². The normalized spacial score (nSPS) is 15.6. The second-order valence-corrected chi connectivity index (χ2v) is 4.46. The lowest BCUT2D eigenvalue weighted by molar-refractivity contribution is 0.252. The third-order valence-electron chi connectivity index (χ3n) is 3.85. The van der Waals surface area contributed by atoms with Gasteiger partial charge in [-0.25, -0.2) is 0 Å². The molecule has 0 amide bonds. The molecular formula is C14H28. The molecule has 0 spiro atoms. The van der Waals surface area contributed by atoms with E-state index >= 15 is 0 Å². The van der Waals surface area contributed by atoms with E-state index in [-0.39, 0.29) is 0 Å². The molecule has 0 rings (SSSR count). The van der Waals surface area contributed by atoms with Gasteiger partial charge < -0.3 is 0 Å². The first-order chi connectivity index (χ1) is 6.62. The smallest absolute Gasteiger partial charge is 0.0180 e. The molecule has 0 aliphatic heterocycles. The van der Waals surface area contributed by atoms with Crippen LogP contribution in [-0.4, -0.2) is 0 Å². The highest BCUT2D eigenvalue weighted by Crippen LogP contribution is 2.33. The van der Waals surface area contributed by atoms with Crippen molar-refractivity contribution in [3.05, 3.63) is 12.2 Å². The van der Waals surface area contributed by atoms with Crippen molar-refractivity contribution in [1.82, 2.24) is 0 Å². The first-order valence-electron chi connectivity index (χ1n) is 6.29. The van der Waals surface area contributed by atoms with Gasteiger partial charge in [0.25, 0.3) is 0 Å². The van der Waals surface area contributed by atoms with Crippen molar-refractivity contribution < 1.29 is 0 Å². The van der Waals surface area contributed by atoms with Crippen molar-refractivity contribution in [2.75, 3.05) is 0 Å². The van der Waals surface area contributed by atoms with Crippen LogP contribution in [-0.2, 0) is 0 Å². The molecule has 2 unspecified atom stereocenters. The average Bonchev–Trinajstić information content (AvgIpc) is 2.20. The summed E-state index contributed by atoms with van der Waals surface area (Å²) in [6, 6.07) is 0. The van der Waals surface area contributed by atoms with Crippen LogP contribution in [0.25, 0.3) is 0 Å². The molecule has 0 fully saturated rings. The summed E-state index contributed by atoms with van der Waals surface area (Å²) in [4.78, 5) is 0. The van der Waals surface area contributed by atoms with Crippen LogP contribution in [0, 0.1) is 17.8 Å². The minimum Gasteiger partial charge on any atom is -0.0996 e. The fraction of sp³-hybridized carbons (Fsp3) is 0.857. The van der Waals surface area contributed by atoms with Gasteiger partial charge in [-0.1, -0.05) is 59.6 Å². The maximum absolute atomic E-state index is 4.22. The molecule has 0 N–H and O–H groups in total. The molecule has 0 bridgehead atoms. The van der Waals surface area contributed by atoms with E-state index < -0.39 is 0 Å². The summed E-state index contributed by atoms with van der Waals surface area (Å²) in [6.45, 7) is 15.8. The topological polar surface area (TPSA) is 0 Å². The van der Waals surface area contributed by atoms with E-state index in [1.165, 1.54) is 24.8 Å². The maximum Gasteiger partial charge on any atom is -0.0180 e. The zero-order valence-electron chi connectivity index (χ0n) is 10.8. The van der Waals surface area contributed by atoms with Crippen molar-refractivity contribution in [3.63, 3.8) is 0 Å². The van der Waals surface area contributed by atoms with Crippen molar-refractivity contribution in [3.8, 4) is 0 Å². The van der Waals surface area contributed by atoms with Crippen LogP contribution in [0.2, 0.25) is 0 Å². The predicted molar refractivity (Wildman–Crippen MR) is 66.4 cm³/mol. The monoisotopic (exact) mass is 196 g/mol. The maximum atomic E-state index is 4.22. The molecule has 0 saturated carbocycles. The molecule has 2 atom stereocenters. The van der Waals surface area contributed by atoms with Gasteiger partial charge >= 0.3 is 0 Å². The Morgan fingerprint density at radius 3 is 1.79 bits per heavy atom. The van der Waals surface area contributed by atoms with Crippen LogP contribution >= 0.6 is 0 Å². The molecule has 0 aliphatic carbocycles. The van der Waals surface area contributed by atoms with Gasteiger partial charge in [-0.3, -0.25) is 0 Å². The Labute approximate surface area is 90.8 Å². The van der Waals surface area contributed by atoms with Crippen molar-refractivity contribution in [1.29, 1.82) is 0 Å². The molecule has 84 valence electrons. The zero-order valence-corrected chi connectivity index (χ0v) is 10.8. The average molecular weight is 196 g/mol. The number of allylic oxidation sites excluding steroid dienone is 1. The Hall–Kier alpha value is -0.260. The van der Waals surface area contributed by atoms with Gasteiger partial charge in [0.05, 0.1) is 0 Å². The second kappa shape index (κ2) is 7.09. The molecule has 0 nitrogen and oxygen atoms in total. The highest BCUT2D eigenvalue weighted by Gasteiger charge is 2.23. The fourth-order valence-corrected chi connectivity index (χ4v) is 2.66. The summed E-state index contributed by atoms with van der Waals surface area (Å²) < 4.78 is 0. The van der Waals surface area contributed by atoms with Gasteiger partial charge in [-0.2, -0.15) is 0 Å². The van der Waals surface area contributed by atoms with Crippen LogP contribution in [0.5, 0.6) is 0 Å². The van der Waals surface area contributed by atoms with E-state index in [1.54, 1.807) is 0 Å². The highest BCUT2D eigenvalue weighted by molar-refractivity contribution is 5.01. The molecular weight excluding hydrogens is 168 g/mol. The Balaban J connectivity index is 4.42. The summed E-state index contributed by atoms with van der Waals surface area (Å²) in [7, 11) is 0. The van der Waals surface area contributed by atoms with Gasteiger partial charge in [0, 0.05) is 0 Å². The summed E-state index contributed by atoms with van der Waals surface area (Å²) in [5.74, 6) is 2.43. The second-order valence-electron chi connectivity index (χ2n) is 4.46. The molecule has 0 saturated heterocycles. The quantitative estimate of drug-likeness (QED) is 0.500. The predicted octanol–water partition coefficient (Wildman–Crippen LogP) is 5.05. The van der Waals surface area contributed by atoms with Gasteiger partial charge in [0.15, 0.2) is 0 Å². The van der Waals surface area contributed by atoms with Crippen molar-refractivity contribution in [2.24, 2.45) is 17.8 Å². The Morgan fingerprint density at radius 2 is 1.50 bits per heavy atom. The molecule has 0 heterocycles. The summed E-state index contributed by atoms with van der Waals surface area (Å²) in [6.07, 6.45) is 5.02. The number of hydrogen-bond acceptors (Lipinski definition) is 0. The lowest BCUT2D eigenvalue weighted by Crippen LogP contribution is -2.21. The largest absolute Gasteiger partial charge is 0.0996 e. The van der Waals surface area contributed by atoms with Crippen LogP contribution in [0.3, 0.4) is 0 Å². The summed E-state index contributed by atoms with van der Waals surface area (Å²) in [5, 5.41) is 0.